The highest BCUT2D eigenvalue weighted by molar-refractivity contribution is 5.95. The van der Waals surface area contributed by atoms with Gasteiger partial charge in [-0.1, -0.05) is 37.3 Å². The van der Waals surface area contributed by atoms with Crippen LogP contribution in [0.4, 0.5) is 4.79 Å². The zero-order valence-corrected chi connectivity index (χ0v) is 15.5. The van der Waals surface area contributed by atoms with Gasteiger partial charge < -0.3 is 10.2 Å². The monoisotopic (exact) mass is 360 g/mol. The largest absolute Gasteiger partial charge is 0.340 e. The minimum atomic E-state index is -0.471. The van der Waals surface area contributed by atoms with E-state index in [0.717, 1.165) is 0 Å². The minimum Gasteiger partial charge on any atom is -0.340 e. The molecule has 1 atom stereocenters. The molecule has 0 aromatic heterocycles. The normalized spacial score (nSPS) is 16.0. The second-order valence-corrected chi connectivity index (χ2v) is 6.58. The van der Waals surface area contributed by atoms with Crippen LogP contribution in [0.1, 0.15) is 31.7 Å². The Hall–Kier alpha value is -2.41. The second-order valence-electron chi connectivity index (χ2n) is 6.58. The van der Waals surface area contributed by atoms with Crippen LogP contribution in [0.3, 0.4) is 0 Å². The molecule has 1 heterocycles. The number of hydrogen-bond acceptors (Lipinski definition) is 4. The first-order valence-electron chi connectivity index (χ1n) is 9.12. The van der Waals surface area contributed by atoms with Gasteiger partial charge in [-0.2, -0.15) is 0 Å². The number of benzene rings is 1. The molecule has 1 aliphatic heterocycles. The van der Waals surface area contributed by atoms with Crippen LogP contribution in [-0.4, -0.2) is 66.9 Å². The average Bonchev–Trinajstić information content (AvgIpc) is 2.63. The van der Waals surface area contributed by atoms with Crippen LogP contribution >= 0.6 is 0 Å². The molecule has 1 aromatic rings. The van der Waals surface area contributed by atoms with Gasteiger partial charge in [0, 0.05) is 39.1 Å². The molecule has 2 N–H and O–H groups in total. The van der Waals surface area contributed by atoms with Crippen molar-refractivity contribution in [3.05, 3.63) is 35.9 Å². The van der Waals surface area contributed by atoms with Gasteiger partial charge in [0.1, 0.15) is 0 Å². The summed E-state index contributed by atoms with van der Waals surface area (Å²) >= 11 is 0. The van der Waals surface area contributed by atoms with Crippen molar-refractivity contribution in [3.63, 3.8) is 0 Å². The molecule has 0 radical (unpaired) electrons. The molecule has 0 saturated carbocycles. The van der Waals surface area contributed by atoms with Gasteiger partial charge in [-0.05, 0) is 18.4 Å². The van der Waals surface area contributed by atoms with Crippen LogP contribution in [0.5, 0.6) is 0 Å². The number of imide groups is 1. The number of piperazine rings is 1. The molecule has 26 heavy (non-hydrogen) atoms. The maximum Gasteiger partial charge on any atom is 0.321 e. The molecule has 1 unspecified atom stereocenters. The zero-order valence-electron chi connectivity index (χ0n) is 15.5. The van der Waals surface area contributed by atoms with E-state index in [1.165, 1.54) is 5.56 Å². The third-order valence-electron chi connectivity index (χ3n) is 4.53. The van der Waals surface area contributed by atoms with Crippen LogP contribution < -0.4 is 10.6 Å². The Balaban J connectivity index is 1.73. The first-order chi connectivity index (χ1) is 12.5. The van der Waals surface area contributed by atoms with Crippen molar-refractivity contribution in [3.8, 4) is 0 Å². The Kier molecular flexibility index (Phi) is 7.59. The Morgan fingerprint density at radius 1 is 1.08 bits per heavy atom. The maximum absolute atomic E-state index is 12.5. The van der Waals surface area contributed by atoms with Crippen LogP contribution in [-0.2, 0) is 9.59 Å². The van der Waals surface area contributed by atoms with E-state index in [-0.39, 0.29) is 24.3 Å². The standard InChI is InChI=1S/C19H28N4O3/c1-3-20-19(26)21-17(24)14-22-9-11-23(12-10-22)18(25)13-15(2)16-7-5-4-6-8-16/h4-8,15H,3,9-14H2,1-2H3,(H2,20,21,24,26). The number of hydrogen-bond donors (Lipinski definition) is 2. The lowest BCUT2D eigenvalue weighted by molar-refractivity contribution is -0.133. The van der Waals surface area contributed by atoms with Crippen molar-refractivity contribution < 1.29 is 14.4 Å². The van der Waals surface area contributed by atoms with Crippen LogP contribution in [0.15, 0.2) is 30.3 Å². The van der Waals surface area contributed by atoms with E-state index < -0.39 is 6.03 Å². The third kappa shape index (κ3) is 6.15. The summed E-state index contributed by atoms with van der Waals surface area (Å²) in [5.74, 6) is 0.00536. The predicted molar refractivity (Wildman–Crippen MR) is 99.7 cm³/mol. The fraction of sp³-hybridized carbons (Fsp3) is 0.526. The summed E-state index contributed by atoms with van der Waals surface area (Å²) in [6.45, 7) is 6.97. The summed E-state index contributed by atoms with van der Waals surface area (Å²) in [4.78, 5) is 39.5. The van der Waals surface area contributed by atoms with Gasteiger partial charge in [0.2, 0.25) is 11.8 Å². The van der Waals surface area contributed by atoms with Gasteiger partial charge in [-0.15, -0.1) is 0 Å². The highest BCUT2D eigenvalue weighted by Crippen LogP contribution is 2.20. The second kappa shape index (κ2) is 9.91. The van der Waals surface area contributed by atoms with Crippen molar-refractivity contribution in [1.29, 1.82) is 0 Å². The summed E-state index contributed by atoms with van der Waals surface area (Å²) in [5.41, 5.74) is 1.17. The number of nitrogens with zero attached hydrogens (tertiary/aromatic N) is 2. The van der Waals surface area contributed by atoms with Gasteiger partial charge in [0.15, 0.2) is 0 Å². The number of nitrogens with one attached hydrogen (secondary N) is 2. The molecule has 0 spiro atoms. The highest BCUT2D eigenvalue weighted by atomic mass is 16.2. The van der Waals surface area contributed by atoms with E-state index >= 15 is 0 Å². The summed E-state index contributed by atoms with van der Waals surface area (Å²) in [5, 5.41) is 4.82. The number of urea groups is 1. The lowest BCUT2D eigenvalue weighted by atomic mass is 9.97. The third-order valence-corrected chi connectivity index (χ3v) is 4.53. The molecule has 1 aliphatic rings. The predicted octanol–water partition coefficient (Wildman–Crippen LogP) is 1.17. The van der Waals surface area contributed by atoms with Crippen molar-refractivity contribution in [2.45, 2.75) is 26.2 Å². The highest BCUT2D eigenvalue weighted by Gasteiger charge is 2.24. The quantitative estimate of drug-likeness (QED) is 0.798. The molecule has 7 heteroatoms. The summed E-state index contributed by atoms with van der Waals surface area (Å²) in [7, 11) is 0. The van der Waals surface area contributed by atoms with Crippen molar-refractivity contribution in [2.75, 3.05) is 39.3 Å². The van der Waals surface area contributed by atoms with Crippen LogP contribution in [0, 0.1) is 0 Å². The van der Waals surface area contributed by atoms with E-state index in [0.29, 0.717) is 39.1 Å². The van der Waals surface area contributed by atoms with Gasteiger partial charge in [0.05, 0.1) is 6.54 Å². The van der Waals surface area contributed by atoms with Gasteiger partial charge >= 0.3 is 6.03 Å². The van der Waals surface area contributed by atoms with Gasteiger partial charge in [-0.25, -0.2) is 4.79 Å². The van der Waals surface area contributed by atoms with Gasteiger partial charge in [-0.3, -0.25) is 19.8 Å². The van der Waals surface area contributed by atoms with Crippen molar-refractivity contribution in [2.24, 2.45) is 0 Å². The van der Waals surface area contributed by atoms with Gasteiger partial charge in [0.25, 0.3) is 0 Å². The lowest BCUT2D eigenvalue weighted by Crippen LogP contribution is -2.52. The number of amides is 4. The SMILES string of the molecule is CCNC(=O)NC(=O)CN1CCN(C(=O)CC(C)c2ccccc2)CC1. The molecule has 4 amide bonds. The number of carbonyl (C=O) groups excluding carboxylic acids is 3. The molecule has 0 aliphatic carbocycles. The van der Waals surface area contributed by atoms with Crippen LogP contribution in [0.25, 0.3) is 0 Å². The fourth-order valence-electron chi connectivity index (χ4n) is 3.02. The van der Waals surface area contributed by atoms with E-state index in [2.05, 4.69) is 17.6 Å². The Bertz CT molecular complexity index is 612. The van der Waals surface area contributed by atoms with E-state index in [9.17, 15) is 14.4 Å². The van der Waals surface area contributed by atoms with Crippen molar-refractivity contribution in [1.82, 2.24) is 20.4 Å². The molecule has 0 bridgehead atoms. The summed E-state index contributed by atoms with van der Waals surface area (Å²) in [6.07, 6.45) is 0.488. The molecule has 7 nitrogen and oxygen atoms in total. The lowest BCUT2D eigenvalue weighted by Gasteiger charge is -2.34. The Morgan fingerprint density at radius 3 is 2.35 bits per heavy atom. The Labute approximate surface area is 154 Å². The first-order valence-corrected chi connectivity index (χ1v) is 9.12. The van der Waals surface area contributed by atoms with E-state index in [1.54, 1.807) is 6.92 Å². The number of rotatable bonds is 6. The topological polar surface area (TPSA) is 81.8 Å². The Morgan fingerprint density at radius 2 is 1.73 bits per heavy atom. The average molecular weight is 360 g/mol. The summed E-state index contributed by atoms with van der Waals surface area (Å²) < 4.78 is 0. The van der Waals surface area contributed by atoms with Crippen molar-refractivity contribution >= 4 is 17.8 Å². The smallest absolute Gasteiger partial charge is 0.321 e. The number of carbonyl (C=O) groups is 3. The molecule has 2 rings (SSSR count). The van der Waals surface area contributed by atoms with E-state index in [1.807, 2.05) is 40.1 Å². The molecule has 1 aromatic carbocycles. The minimum absolute atomic E-state index is 0.146. The zero-order chi connectivity index (χ0) is 18.9. The summed E-state index contributed by atoms with van der Waals surface area (Å²) in [6, 6.07) is 9.56. The maximum atomic E-state index is 12.5. The molecular weight excluding hydrogens is 332 g/mol. The van der Waals surface area contributed by atoms with E-state index in [4.69, 9.17) is 0 Å². The molecule has 142 valence electrons. The first kappa shape index (κ1) is 19.9. The molecule has 1 saturated heterocycles. The molecule has 1 fully saturated rings. The molecular formula is C19H28N4O3. The van der Waals surface area contributed by atoms with Crippen LogP contribution in [0.2, 0.25) is 0 Å². The fourth-order valence-corrected chi connectivity index (χ4v) is 3.02.